The minimum absolute atomic E-state index is 0.195. The van der Waals surface area contributed by atoms with Crippen molar-refractivity contribution in [2.75, 3.05) is 13.1 Å². The van der Waals surface area contributed by atoms with Crippen LogP contribution >= 0.6 is 0 Å². The fourth-order valence-corrected chi connectivity index (χ4v) is 2.04. The highest BCUT2D eigenvalue weighted by atomic mass is 16.4. The van der Waals surface area contributed by atoms with Crippen LogP contribution in [0.15, 0.2) is 23.1 Å². The Morgan fingerprint density at radius 3 is 2.67 bits per heavy atom. The number of carbonyl (C=O) groups excluding carboxylic acids is 1. The third kappa shape index (κ3) is 2.13. The number of H-pyrrole nitrogens is 1. The Labute approximate surface area is 103 Å². The third-order valence-corrected chi connectivity index (χ3v) is 3.31. The average molecular weight is 250 g/mol. The van der Waals surface area contributed by atoms with Gasteiger partial charge in [-0.2, -0.15) is 0 Å². The van der Waals surface area contributed by atoms with E-state index in [1.807, 2.05) is 0 Å². The van der Waals surface area contributed by atoms with Crippen molar-refractivity contribution in [2.24, 2.45) is 5.41 Å². The van der Waals surface area contributed by atoms with Crippen molar-refractivity contribution in [1.82, 2.24) is 9.88 Å². The maximum absolute atomic E-state index is 12.1. The van der Waals surface area contributed by atoms with Crippen LogP contribution < -0.4 is 5.56 Å². The van der Waals surface area contributed by atoms with Crippen LogP contribution in [0.4, 0.5) is 0 Å². The van der Waals surface area contributed by atoms with E-state index in [1.165, 1.54) is 23.2 Å². The number of hydrogen-bond acceptors (Lipinski definition) is 3. The van der Waals surface area contributed by atoms with Gasteiger partial charge in [0.05, 0.1) is 11.0 Å². The van der Waals surface area contributed by atoms with Gasteiger partial charge < -0.3 is 15.0 Å². The molecule has 1 amide bonds. The molecule has 18 heavy (non-hydrogen) atoms. The highest BCUT2D eigenvalue weighted by Crippen LogP contribution is 2.30. The van der Waals surface area contributed by atoms with Gasteiger partial charge in [-0.05, 0) is 19.4 Å². The number of carboxylic acids is 1. The SMILES string of the molecule is CC1(C(=O)O)CCN(C(=O)c2ccc(=O)[nH]c2)C1. The highest BCUT2D eigenvalue weighted by molar-refractivity contribution is 5.94. The Kier molecular flexibility index (Phi) is 2.94. The van der Waals surface area contributed by atoms with Crippen LogP contribution in [0, 0.1) is 5.41 Å². The van der Waals surface area contributed by atoms with Gasteiger partial charge in [0.1, 0.15) is 0 Å². The number of rotatable bonds is 2. The van der Waals surface area contributed by atoms with Crippen molar-refractivity contribution in [3.8, 4) is 0 Å². The van der Waals surface area contributed by atoms with Gasteiger partial charge in [-0.15, -0.1) is 0 Å². The van der Waals surface area contributed by atoms with Crippen molar-refractivity contribution in [3.05, 3.63) is 34.2 Å². The van der Waals surface area contributed by atoms with Gasteiger partial charge in [-0.3, -0.25) is 14.4 Å². The number of carboxylic acid groups (broad SMARTS) is 1. The molecule has 2 heterocycles. The van der Waals surface area contributed by atoms with Crippen LogP contribution in [0.1, 0.15) is 23.7 Å². The van der Waals surface area contributed by atoms with Crippen molar-refractivity contribution in [3.63, 3.8) is 0 Å². The summed E-state index contributed by atoms with van der Waals surface area (Å²) in [6, 6.07) is 2.72. The number of amides is 1. The summed E-state index contributed by atoms with van der Waals surface area (Å²) in [6.07, 6.45) is 1.79. The predicted octanol–water partition coefficient (Wildman–Crippen LogP) is 0.312. The predicted molar refractivity (Wildman–Crippen MR) is 63.3 cm³/mol. The lowest BCUT2D eigenvalue weighted by Gasteiger charge is -2.20. The van der Waals surface area contributed by atoms with E-state index in [2.05, 4.69) is 4.98 Å². The lowest BCUT2D eigenvalue weighted by atomic mass is 9.90. The number of hydrogen-bond donors (Lipinski definition) is 2. The fraction of sp³-hybridized carbons (Fsp3) is 0.417. The summed E-state index contributed by atoms with van der Waals surface area (Å²) in [7, 11) is 0. The van der Waals surface area contributed by atoms with E-state index in [9.17, 15) is 14.4 Å². The van der Waals surface area contributed by atoms with Crippen LogP contribution in [0.25, 0.3) is 0 Å². The molecule has 1 fully saturated rings. The molecule has 0 aromatic carbocycles. The summed E-state index contributed by atoms with van der Waals surface area (Å²) in [6.45, 7) is 2.25. The van der Waals surface area contributed by atoms with Gasteiger partial charge >= 0.3 is 5.97 Å². The summed E-state index contributed by atoms with van der Waals surface area (Å²) in [5.41, 5.74) is -0.787. The Balaban J connectivity index is 2.15. The van der Waals surface area contributed by atoms with E-state index in [1.54, 1.807) is 6.92 Å². The van der Waals surface area contributed by atoms with Crippen molar-refractivity contribution >= 4 is 11.9 Å². The Bertz CT molecular complexity index is 531. The van der Waals surface area contributed by atoms with Gasteiger partial charge in [-0.1, -0.05) is 0 Å². The molecule has 0 spiro atoms. The number of likely N-dealkylation sites (tertiary alicyclic amines) is 1. The first-order chi connectivity index (χ1) is 8.42. The zero-order valence-corrected chi connectivity index (χ0v) is 9.97. The standard InChI is InChI=1S/C12H14N2O4/c1-12(11(17)18)4-5-14(7-12)10(16)8-2-3-9(15)13-6-8/h2-3,6H,4-5,7H2,1H3,(H,13,15)(H,17,18). The van der Waals surface area contributed by atoms with Crippen molar-refractivity contribution < 1.29 is 14.7 Å². The molecular formula is C12H14N2O4. The quantitative estimate of drug-likeness (QED) is 0.790. The first-order valence-corrected chi connectivity index (χ1v) is 5.64. The van der Waals surface area contributed by atoms with Crippen LogP contribution in [0.3, 0.4) is 0 Å². The summed E-state index contributed by atoms with van der Waals surface area (Å²) in [5, 5.41) is 9.09. The molecule has 2 N–H and O–H groups in total. The molecule has 0 radical (unpaired) electrons. The van der Waals surface area contributed by atoms with Gasteiger partial charge in [0, 0.05) is 25.4 Å². The molecule has 6 nitrogen and oxygen atoms in total. The summed E-state index contributed by atoms with van der Waals surface area (Å²) in [5.74, 6) is -1.14. The normalized spacial score (nSPS) is 23.1. The number of nitrogens with zero attached hydrogens (tertiary/aromatic N) is 1. The summed E-state index contributed by atoms with van der Waals surface area (Å²) < 4.78 is 0. The summed E-state index contributed by atoms with van der Waals surface area (Å²) >= 11 is 0. The Morgan fingerprint density at radius 2 is 2.17 bits per heavy atom. The topological polar surface area (TPSA) is 90.5 Å². The molecule has 0 aliphatic carbocycles. The number of aliphatic carboxylic acids is 1. The summed E-state index contributed by atoms with van der Waals surface area (Å²) in [4.78, 5) is 38.0. The fourth-order valence-electron chi connectivity index (χ4n) is 2.04. The molecule has 0 bridgehead atoms. The lowest BCUT2D eigenvalue weighted by Crippen LogP contribution is -2.35. The van der Waals surface area contributed by atoms with E-state index in [0.29, 0.717) is 18.5 Å². The van der Waals surface area contributed by atoms with Crippen LogP contribution in [-0.2, 0) is 4.79 Å². The lowest BCUT2D eigenvalue weighted by molar-refractivity contribution is -0.147. The van der Waals surface area contributed by atoms with E-state index in [0.717, 1.165) is 0 Å². The molecule has 1 unspecified atom stereocenters. The van der Waals surface area contributed by atoms with Gasteiger partial charge in [0.2, 0.25) is 5.56 Å². The molecule has 2 rings (SSSR count). The van der Waals surface area contributed by atoms with Crippen LogP contribution in [-0.4, -0.2) is 40.0 Å². The van der Waals surface area contributed by atoms with Crippen LogP contribution in [0.2, 0.25) is 0 Å². The molecule has 1 saturated heterocycles. The number of aromatic nitrogens is 1. The average Bonchev–Trinajstić information content (AvgIpc) is 2.73. The third-order valence-electron chi connectivity index (χ3n) is 3.31. The van der Waals surface area contributed by atoms with E-state index < -0.39 is 11.4 Å². The second kappa shape index (κ2) is 4.29. The number of pyridine rings is 1. The Hall–Kier alpha value is -2.11. The zero-order valence-electron chi connectivity index (χ0n) is 9.97. The maximum Gasteiger partial charge on any atom is 0.311 e. The molecule has 96 valence electrons. The second-order valence-electron chi connectivity index (χ2n) is 4.78. The largest absolute Gasteiger partial charge is 0.481 e. The second-order valence-corrected chi connectivity index (χ2v) is 4.78. The molecule has 6 heteroatoms. The number of aromatic amines is 1. The van der Waals surface area contributed by atoms with Crippen molar-refractivity contribution in [2.45, 2.75) is 13.3 Å². The molecular weight excluding hydrogens is 236 g/mol. The van der Waals surface area contributed by atoms with Gasteiger partial charge in [-0.25, -0.2) is 0 Å². The number of nitrogens with one attached hydrogen (secondary N) is 1. The minimum Gasteiger partial charge on any atom is -0.481 e. The molecule has 1 atom stereocenters. The van der Waals surface area contributed by atoms with Crippen molar-refractivity contribution in [1.29, 1.82) is 0 Å². The minimum atomic E-state index is -0.890. The first kappa shape index (κ1) is 12.3. The Morgan fingerprint density at radius 1 is 1.44 bits per heavy atom. The van der Waals surface area contributed by atoms with Gasteiger partial charge in [0.15, 0.2) is 0 Å². The maximum atomic E-state index is 12.1. The molecule has 0 saturated carbocycles. The van der Waals surface area contributed by atoms with E-state index in [-0.39, 0.29) is 18.0 Å². The molecule has 1 aromatic heterocycles. The molecule has 1 aromatic rings. The molecule has 1 aliphatic rings. The van der Waals surface area contributed by atoms with Crippen LogP contribution in [0.5, 0.6) is 0 Å². The number of carbonyl (C=O) groups is 2. The monoisotopic (exact) mass is 250 g/mol. The van der Waals surface area contributed by atoms with E-state index >= 15 is 0 Å². The first-order valence-electron chi connectivity index (χ1n) is 5.64. The smallest absolute Gasteiger partial charge is 0.311 e. The van der Waals surface area contributed by atoms with E-state index in [4.69, 9.17) is 5.11 Å². The highest BCUT2D eigenvalue weighted by Gasteiger charge is 2.42. The molecule has 1 aliphatic heterocycles. The van der Waals surface area contributed by atoms with Gasteiger partial charge in [0.25, 0.3) is 5.91 Å². The zero-order chi connectivity index (χ0) is 13.3.